The molecule has 2 heterocycles. The lowest BCUT2D eigenvalue weighted by Crippen LogP contribution is -2.23. The van der Waals surface area contributed by atoms with Gasteiger partial charge in [0.2, 0.25) is 5.91 Å². The quantitative estimate of drug-likeness (QED) is 0.324. The maximum Gasteiger partial charge on any atom is 0.341 e. The molecule has 2 aromatic heterocycles. The second-order valence-corrected chi connectivity index (χ2v) is 10.8. The number of hydrogen-bond donors (Lipinski definition) is 2. The van der Waals surface area contributed by atoms with E-state index in [4.69, 9.17) is 9.15 Å². The van der Waals surface area contributed by atoms with Crippen LogP contribution in [0.25, 0.3) is 0 Å². The van der Waals surface area contributed by atoms with E-state index in [0.717, 1.165) is 34.6 Å². The highest BCUT2D eigenvalue weighted by Gasteiger charge is 2.29. The molecule has 1 aliphatic carbocycles. The summed E-state index contributed by atoms with van der Waals surface area (Å²) in [7, 11) is 1.36. The summed E-state index contributed by atoms with van der Waals surface area (Å²) in [5.41, 5.74) is 2.10. The van der Waals surface area contributed by atoms with E-state index in [1.807, 2.05) is 19.1 Å². The van der Waals surface area contributed by atoms with Crippen LogP contribution in [0, 0.1) is 5.92 Å². The van der Waals surface area contributed by atoms with Crippen LogP contribution in [0.1, 0.15) is 51.6 Å². The summed E-state index contributed by atoms with van der Waals surface area (Å²) in [6, 6.07) is 10.5. The minimum atomic E-state index is -0.431. The van der Waals surface area contributed by atoms with E-state index in [9.17, 15) is 14.4 Å². The average molecular weight is 499 g/mol. The molecule has 2 amide bonds. The van der Waals surface area contributed by atoms with Crippen LogP contribution in [0.2, 0.25) is 0 Å². The third kappa shape index (κ3) is 5.37. The van der Waals surface area contributed by atoms with Crippen LogP contribution in [0.5, 0.6) is 0 Å². The summed E-state index contributed by atoms with van der Waals surface area (Å²) in [6.45, 7) is 4.00. The number of carbonyl (C=O) groups excluding carboxylic acids is 3. The molecule has 9 heteroatoms. The monoisotopic (exact) mass is 498 g/mol. The van der Waals surface area contributed by atoms with Gasteiger partial charge in [0.05, 0.1) is 24.2 Å². The summed E-state index contributed by atoms with van der Waals surface area (Å²) in [4.78, 5) is 39.7. The Hall–Kier alpha value is -3.04. The zero-order valence-electron chi connectivity index (χ0n) is 19.2. The number of esters is 1. The second-order valence-electron chi connectivity index (χ2n) is 8.26. The van der Waals surface area contributed by atoms with E-state index in [-0.39, 0.29) is 17.6 Å². The first-order valence-corrected chi connectivity index (χ1v) is 12.7. The summed E-state index contributed by atoms with van der Waals surface area (Å²) in [6.07, 6.45) is 4.17. The number of hydrogen-bond acceptors (Lipinski definition) is 7. The number of benzene rings is 1. The molecule has 2 atom stereocenters. The minimum absolute atomic E-state index is 0.202. The first kappa shape index (κ1) is 24.1. The van der Waals surface area contributed by atoms with Gasteiger partial charge in [-0.25, -0.2) is 4.79 Å². The van der Waals surface area contributed by atoms with Crippen molar-refractivity contribution in [1.29, 1.82) is 0 Å². The van der Waals surface area contributed by atoms with Gasteiger partial charge in [-0.2, -0.15) is 0 Å². The van der Waals surface area contributed by atoms with Crippen molar-refractivity contribution < 1.29 is 23.5 Å². The van der Waals surface area contributed by atoms with Gasteiger partial charge < -0.3 is 19.8 Å². The maximum atomic E-state index is 13.0. The predicted molar refractivity (Wildman–Crippen MR) is 134 cm³/mol. The fourth-order valence-electron chi connectivity index (χ4n) is 3.88. The number of anilines is 2. The van der Waals surface area contributed by atoms with Gasteiger partial charge in [0.25, 0.3) is 5.91 Å². The number of rotatable bonds is 7. The smallest absolute Gasteiger partial charge is 0.341 e. The van der Waals surface area contributed by atoms with Crippen LogP contribution in [-0.4, -0.2) is 30.1 Å². The van der Waals surface area contributed by atoms with Crippen molar-refractivity contribution in [3.63, 3.8) is 0 Å². The zero-order valence-corrected chi connectivity index (χ0v) is 20.8. The van der Waals surface area contributed by atoms with E-state index in [0.29, 0.717) is 22.2 Å². The molecular weight excluding hydrogens is 472 g/mol. The molecule has 0 radical (unpaired) electrons. The number of amides is 2. The Labute approximate surface area is 206 Å². The summed E-state index contributed by atoms with van der Waals surface area (Å²) < 4.78 is 10.1. The molecule has 0 fully saturated rings. The molecule has 1 aliphatic rings. The molecule has 2 unspecified atom stereocenters. The molecule has 3 aromatic rings. The first-order valence-electron chi connectivity index (χ1n) is 11.0. The number of furan rings is 1. The fraction of sp³-hybridized carbons (Fsp3) is 0.320. The third-order valence-corrected chi connectivity index (χ3v) is 7.92. The molecule has 4 rings (SSSR count). The highest BCUT2D eigenvalue weighted by molar-refractivity contribution is 8.00. The lowest BCUT2D eigenvalue weighted by molar-refractivity contribution is -0.115. The van der Waals surface area contributed by atoms with E-state index in [1.54, 1.807) is 24.3 Å². The Kier molecular flexibility index (Phi) is 7.43. The molecule has 0 bridgehead atoms. The highest BCUT2D eigenvalue weighted by atomic mass is 32.2. The lowest BCUT2D eigenvalue weighted by atomic mass is 9.88. The Morgan fingerprint density at radius 2 is 2.03 bits per heavy atom. The number of methoxy groups -OCH3 is 1. The van der Waals surface area contributed by atoms with Crippen LogP contribution >= 0.6 is 23.1 Å². The summed E-state index contributed by atoms with van der Waals surface area (Å²) >= 11 is 2.84. The second kappa shape index (κ2) is 10.5. The molecule has 0 spiro atoms. The van der Waals surface area contributed by atoms with Crippen molar-refractivity contribution in [2.45, 2.75) is 43.3 Å². The average Bonchev–Trinajstić information content (AvgIpc) is 3.46. The van der Waals surface area contributed by atoms with Crippen LogP contribution in [0.15, 0.2) is 52.0 Å². The molecular formula is C25H26N2O5S2. The van der Waals surface area contributed by atoms with Gasteiger partial charge in [-0.05, 0) is 68.0 Å². The maximum absolute atomic E-state index is 13.0. The van der Waals surface area contributed by atoms with Crippen molar-refractivity contribution in [2.75, 3.05) is 17.7 Å². The number of fused-ring (bicyclic) bond motifs is 1. The molecule has 0 aliphatic heterocycles. The standard InChI is InChI=1S/C25H26N2O5S2/c1-14-9-10-18-20(12-14)34-24(21(18)25(30)31-3)27-22(28)15(2)33-17-7-4-6-16(13-17)26-23(29)19-8-5-11-32-19/h4-8,11,13-15H,9-10,12H2,1-3H3,(H,26,29)(H,27,28). The van der Waals surface area contributed by atoms with Gasteiger partial charge in [-0.3, -0.25) is 9.59 Å². The van der Waals surface area contributed by atoms with Crippen molar-refractivity contribution in [3.8, 4) is 0 Å². The topological polar surface area (TPSA) is 97.6 Å². The van der Waals surface area contributed by atoms with E-state index in [2.05, 4.69) is 17.6 Å². The summed E-state index contributed by atoms with van der Waals surface area (Å²) in [5, 5.41) is 5.87. The number of carbonyl (C=O) groups is 3. The normalized spacial score (nSPS) is 15.8. The van der Waals surface area contributed by atoms with Crippen molar-refractivity contribution in [1.82, 2.24) is 0 Å². The predicted octanol–water partition coefficient (Wildman–Crippen LogP) is 5.62. The molecule has 0 saturated carbocycles. The largest absolute Gasteiger partial charge is 0.465 e. The molecule has 178 valence electrons. The molecule has 2 N–H and O–H groups in total. The van der Waals surface area contributed by atoms with Crippen LogP contribution in [0.3, 0.4) is 0 Å². The Balaban J connectivity index is 1.45. The van der Waals surface area contributed by atoms with Gasteiger partial charge in [-0.1, -0.05) is 13.0 Å². The molecule has 7 nitrogen and oxygen atoms in total. The molecule has 0 saturated heterocycles. The number of ether oxygens (including phenoxy) is 1. The lowest BCUT2D eigenvalue weighted by Gasteiger charge is -2.18. The Bertz CT molecular complexity index is 1200. The third-order valence-electron chi connectivity index (χ3n) is 5.66. The molecule has 34 heavy (non-hydrogen) atoms. The Morgan fingerprint density at radius 1 is 1.21 bits per heavy atom. The van der Waals surface area contributed by atoms with E-state index < -0.39 is 11.2 Å². The number of thiophene rings is 1. The first-order chi connectivity index (χ1) is 16.4. The van der Waals surface area contributed by atoms with Gasteiger partial charge in [0.1, 0.15) is 5.00 Å². The van der Waals surface area contributed by atoms with Crippen LogP contribution in [-0.2, 0) is 22.4 Å². The van der Waals surface area contributed by atoms with Gasteiger partial charge >= 0.3 is 5.97 Å². The minimum Gasteiger partial charge on any atom is -0.465 e. The van der Waals surface area contributed by atoms with E-state index >= 15 is 0 Å². The van der Waals surface area contributed by atoms with Crippen molar-refractivity contribution in [2.24, 2.45) is 5.92 Å². The van der Waals surface area contributed by atoms with Gasteiger partial charge in [-0.15, -0.1) is 23.1 Å². The Morgan fingerprint density at radius 3 is 2.76 bits per heavy atom. The van der Waals surface area contributed by atoms with Gasteiger partial charge in [0.15, 0.2) is 5.76 Å². The van der Waals surface area contributed by atoms with Crippen molar-refractivity contribution in [3.05, 3.63) is 64.4 Å². The van der Waals surface area contributed by atoms with Crippen LogP contribution in [0.4, 0.5) is 10.7 Å². The number of thioether (sulfide) groups is 1. The van der Waals surface area contributed by atoms with E-state index in [1.165, 1.54) is 36.5 Å². The zero-order chi connectivity index (χ0) is 24.2. The summed E-state index contributed by atoms with van der Waals surface area (Å²) in [5.74, 6) is -0.186. The van der Waals surface area contributed by atoms with Crippen LogP contribution < -0.4 is 10.6 Å². The van der Waals surface area contributed by atoms with Gasteiger partial charge in [0, 0.05) is 15.5 Å². The molecule has 1 aromatic carbocycles. The highest BCUT2D eigenvalue weighted by Crippen LogP contribution is 2.40. The SMILES string of the molecule is COC(=O)c1c(NC(=O)C(C)Sc2cccc(NC(=O)c3ccco3)c2)sc2c1CCC(C)C2. The van der Waals surface area contributed by atoms with Crippen molar-refractivity contribution >= 4 is 51.6 Å². The number of nitrogens with one attached hydrogen (secondary N) is 2. The fourth-order valence-corrected chi connectivity index (χ4v) is 6.20.